The quantitative estimate of drug-likeness (QED) is 0.0270. The molecule has 838 valence electrons. The average molecular weight is 2120 g/mol. The highest BCUT2D eigenvalue weighted by Gasteiger charge is 2.65. The van der Waals surface area contributed by atoms with Crippen LogP contribution in [0.15, 0.2) is 0 Å². The number of ether oxygens (including phenoxy) is 20. The predicted octanol–water partition coefficient (Wildman–Crippen LogP) is -24.2. The summed E-state index contributed by atoms with van der Waals surface area (Å²) in [6, 6.07) is -11.6. The fraction of sp³-hybridized carbons (Fsp3) is 0.914. The van der Waals surface area contributed by atoms with Crippen LogP contribution in [-0.2, 0) is 128 Å². The van der Waals surface area contributed by atoms with E-state index in [1.165, 1.54) is 6.92 Å². The molecule has 0 aliphatic carbocycles. The third kappa shape index (κ3) is 27.9. The van der Waals surface area contributed by atoms with E-state index >= 15 is 0 Å². The van der Waals surface area contributed by atoms with Crippen molar-refractivity contribution < 1.29 is 287 Å². The van der Waals surface area contributed by atoms with E-state index in [0.717, 1.165) is 41.5 Å². The maximum Gasteiger partial charge on any atom is 0.364 e. The first-order valence-corrected chi connectivity index (χ1v) is 46.0. The lowest BCUT2D eigenvalue weighted by Gasteiger charge is -2.51. The van der Waals surface area contributed by atoms with E-state index in [1.807, 2.05) is 0 Å². The molecule has 37 N–H and O–H groups in total. The minimum atomic E-state index is -3.35. The number of carboxylic acid groups (broad SMARTS) is 1. The van der Waals surface area contributed by atoms with Crippen LogP contribution in [0.5, 0.6) is 0 Å². The molecule has 10 saturated heterocycles. The summed E-state index contributed by atoms with van der Waals surface area (Å²) in [5.74, 6) is -11.4. The van der Waals surface area contributed by atoms with Gasteiger partial charge in [0.2, 0.25) is 35.4 Å². The zero-order valence-corrected chi connectivity index (χ0v) is 78.5. The number of aliphatic carboxylic acids is 1. The van der Waals surface area contributed by atoms with E-state index in [-0.39, 0.29) is 0 Å². The summed E-state index contributed by atoms with van der Waals surface area (Å²) in [5, 5.41) is 365. The van der Waals surface area contributed by atoms with Crippen molar-refractivity contribution in [2.75, 3.05) is 72.7 Å². The molecule has 0 radical (unpaired) electrons. The third-order valence-electron chi connectivity index (χ3n) is 26.0. The van der Waals surface area contributed by atoms with E-state index < -0.39 is 457 Å². The van der Waals surface area contributed by atoms with Gasteiger partial charge in [0.05, 0.1) is 97.0 Å². The van der Waals surface area contributed by atoms with Gasteiger partial charge in [0.15, 0.2) is 56.6 Å². The van der Waals surface area contributed by atoms with Crippen LogP contribution < -0.4 is 31.9 Å². The molecule has 10 aliphatic heterocycles. The number of carboxylic acids is 1. The van der Waals surface area contributed by atoms with Crippen molar-refractivity contribution in [2.45, 2.75) is 392 Å². The van der Waals surface area contributed by atoms with Crippen LogP contribution in [0.3, 0.4) is 0 Å². The number of rotatable bonds is 43. The number of nitrogens with one attached hydrogen (secondary N) is 6. The minimum Gasteiger partial charge on any atom is -0.477 e. The standard InChI is InChI=1S/C81H136N6O58/c1-20-44(106)56(118)59(121)75(128-20)126-18-30(105)62(45(107)27(9-88)82-21(2)97)137-72-41(85-24(5)100)54(116)64(36(16-95)133-72)139-76-60(122)67(51(113)38(136-76)19-127-78-69(57(119)48(110)32(12-91)131-78)142-73-42(86-25(6)101)53(115)63(35(15-94)134-73)138-71-40(84-23(4)99)52(114)47(109)31(11-90)129-71)141-79-70(58(120)49(111)33(13-92)132-79)143-74-43(87-26(7)102)55(117)65(37(17-96)135-74)140-77-61(123)68(50(112)34(14-93)130-77)145-81(80(124)125)8-28(103)39(83-22(3)98)66(144-81)46(108)29(104)10-89/h20,27-79,88-96,103-123H,8-19H2,1-7H3,(H,82,97)(H,83,98)(H,84,99)(H,85,100)(H,86,101)(H,87,102)(H,124,125)/t20-,27-,28-,29+,30+,31+,32+,33+,34+,35+,36+,37+,38+,39+,40+,41+,42+,43+,44+,45+,46+,47-,48+,49+,50-,51+,52+,53+,54+,55+,56+,57-,58-,59-,60-,61+,62+,63+,64+,65+,66+,67-,68-,69-,70-,71-,72-,73-,74-,75+,76-,77-,78-,79+,81-/m0/s1. The number of carbonyl (C=O) groups is 7. The van der Waals surface area contributed by atoms with Crippen molar-refractivity contribution >= 4 is 41.4 Å². The zero-order valence-electron chi connectivity index (χ0n) is 78.5. The number of amides is 6. The number of aliphatic hydroxyl groups is 30. The van der Waals surface area contributed by atoms with E-state index in [4.69, 9.17) is 94.7 Å². The Hall–Kier alpha value is -5.71. The highest BCUT2D eigenvalue weighted by Crippen LogP contribution is 2.43. The van der Waals surface area contributed by atoms with Crippen LogP contribution in [0.2, 0.25) is 0 Å². The van der Waals surface area contributed by atoms with Crippen LogP contribution in [0.25, 0.3) is 0 Å². The maximum atomic E-state index is 13.4. The summed E-state index contributed by atoms with van der Waals surface area (Å²) in [4.78, 5) is 90.4. The molecule has 0 bridgehead atoms. The molecular weight excluding hydrogens is 1980 g/mol. The largest absolute Gasteiger partial charge is 0.477 e. The van der Waals surface area contributed by atoms with Crippen LogP contribution >= 0.6 is 0 Å². The maximum absolute atomic E-state index is 13.4. The molecule has 0 spiro atoms. The highest BCUT2D eigenvalue weighted by atomic mass is 16.8. The van der Waals surface area contributed by atoms with Gasteiger partial charge in [-0.3, -0.25) is 28.8 Å². The zero-order chi connectivity index (χ0) is 108. The van der Waals surface area contributed by atoms with Gasteiger partial charge < -0.3 is 285 Å². The summed E-state index contributed by atoms with van der Waals surface area (Å²) in [6.07, 6.45) is -108. The lowest BCUT2D eigenvalue weighted by Crippen LogP contribution is -2.71. The molecule has 145 heavy (non-hydrogen) atoms. The van der Waals surface area contributed by atoms with Gasteiger partial charge in [-0.25, -0.2) is 4.79 Å². The Balaban J connectivity index is 0.996. The molecule has 64 heteroatoms. The van der Waals surface area contributed by atoms with Gasteiger partial charge in [-0.1, -0.05) is 0 Å². The fourth-order valence-electron chi connectivity index (χ4n) is 18.4. The molecule has 0 aromatic rings. The summed E-state index contributed by atoms with van der Waals surface area (Å²) >= 11 is 0. The van der Waals surface area contributed by atoms with E-state index in [9.17, 15) is 192 Å². The summed E-state index contributed by atoms with van der Waals surface area (Å²) < 4.78 is 120. The molecule has 10 heterocycles. The topological polar surface area (TPSA) is 1000 Å². The van der Waals surface area contributed by atoms with Crippen molar-refractivity contribution in [3.63, 3.8) is 0 Å². The van der Waals surface area contributed by atoms with Crippen molar-refractivity contribution in [3.8, 4) is 0 Å². The van der Waals surface area contributed by atoms with Gasteiger partial charge in [-0.2, -0.15) is 0 Å². The smallest absolute Gasteiger partial charge is 0.364 e. The Bertz CT molecular complexity index is 4090. The SMILES string of the molecule is CC(=O)N[C@H]1[C@H](O[C@@H]([C@H](O)[C@H](CO)NC(C)=O)[C@H](O)CO[C@@H]2O[C@@H](C)[C@@H](O)[C@@H](O)[C@@H]2O)O[C@H](CO)[C@@H](O[C@@H]2O[C@H](CO[C@H]3O[C@H](CO)[C@@H](O)[C@H](O)[C@@H]3O[C@@H]3O[C@H](CO)[C@@H](O[C@@H]4O[C@H](CO)[C@H](O)[C@H](O)[C@H]4NC(C)=O)[C@H](O)[C@H]3NC(C)=O)[C@@H](O)[C@H](O[C@H]3O[C@H](CO)[C@@H](O)[C@H](O)[C@@H]3O[C@@H]3O[C@H](CO)[C@@H](O[C@@H]4O[C@H](CO)[C@H](O)[C@H](O[C@]5(C(=O)O)C[C@H](O)[C@@H](NC(C)=O)[C@H]([C@H](O)[C@H](O)CO)O5)[C@H]4O)[C@H](O)[C@H]3NC(C)=O)[C@@H]2O)[C@@H]1O. The molecule has 0 saturated carbocycles. The first-order chi connectivity index (χ1) is 68.3. The molecule has 0 aromatic carbocycles. The minimum absolute atomic E-state index is 0.833. The lowest BCUT2D eigenvalue weighted by molar-refractivity contribution is -0.400. The number of hydrogen-bond acceptors (Lipinski definition) is 57. The van der Waals surface area contributed by atoms with E-state index in [2.05, 4.69) is 31.9 Å². The van der Waals surface area contributed by atoms with Crippen LogP contribution in [0.4, 0.5) is 0 Å². The second kappa shape index (κ2) is 53.2. The van der Waals surface area contributed by atoms with Crippen molar-refractivity contribution in [1.29, 1.82) is 0 Å². The predicted molar refractivity (Wildman–Crippen MR) is 450 cm³/mol. The van der Waals surface area contributed by atoms with Crippen molar-refractivity contribution in [3.05, 3.63) is 0 Å². The highest BCUT2D eigenvalue weighted by molar-refractivity contribution is 5.77. The number of aliphatic hydroxyl groups excluding tert-OH is 30. The fourth-order valence-corrected chi connectivity index (χ4v) is 18.4. The van der Waals surface area contributed by atoms with E-state index in [0.29, 0.717) is 0 Å². The Labute approximate surface area is 821 Å². The second-order valence-electron chi connectivity index (χ2n) is 36.5. The Kier molecular flexibility index (Phi) is 44.5. The molecule has 0 unspecified atom stereocenters. The van der Waals surface area contributed by atoms with Gasteiger partial charge >= 0.3 is 5.97 Å². The number of hydrogen-bond donors (Lipinski definition) is 37. The molecule has 10 aliphatic rings. The molecular formula is C81H136N6O58. The first-order valence-electron chi connectivity index (χ1n) is 46.0. The first kappa shape index (κ1) is 121. The van der Waals surface area contributed by atoms with E-state index in [1.54, 1.807) is 0 Å². The normalized spacial score (nSPS) is 44.9. The third-order valence-corrected chi connectivity index (χ3v) is 26.0. The molecule has 64 nitrogen and oxygen atoms in total. The van der Waals surface area contributed by atoms with Gasteiger partial charge in [-0.15, -0.1) is 0 Å². The van der Waals surface area contributed by atoms with Gasteiger partial charge in [0, 0.05) is 48.0 Å². The Morgan fingerprint density at radius 2 is 0.697 bits per heavy atom. The molecule has 10 fully saturated rings. The molecule has 6 amide bonds. The Morgan fingerprint density at radius 3 is 1.14 bits per heavy atom. The monoisotopic (exact) mass is 2120 g/mol. The summed E-state index contributed by atoms with van der Waals surface area (Å²) in [5.41, 5.74) is 0. The van der Waals surface area contributed by atoms with Gasteiger partial charge in [0.1, 0.15) is 250 Å². The molecule has 55 atom stereocenters. The van der Waals surface area contributed by atoms with Crippen LogP contribution in [0, 0.1) is 0 Å². The number of carbonyl (C=O) groups excluding carboxylic acids is 6. The lowest BCUT2D eigenvalue weighted by atomic mass is 9.88. The van der Waals surface area contributed by atoms with Gasteiger partial charge in [0.25, 0.3) is 5.79 Å². The summed E-state index contributed by atoms with van der Waals surface area (Å²) in [7, 11) is 0. The van der Waals surface area contributed by atoms with Crippen molar-refractivity contribution in [2.24, 2.45) is 0 Å². The van der Waals surface area contributed by atoms with Crippen molar-refractivity contribution in [1.82, 2.24) is 31.9 Å². The van der Waals surface area contributed by atoms with Gasteiger partial charge in [-0.05, 0) is 6.92 Å². The molecule has 0 aromatic heterocycles. The average Bonchev–Trinajstić information content (AvgIpc) is 0.661. The van der Waals surface area contributed by atoms with Crippen LogP contribution in [0.1, 0.15) is 54.9 Å². The Morgan fingerprint density at radius 1 is 0.331 bits per heavy atom. The summed E-state index contributed by atoms with van der Waals surface area (Å²) in [6.45, 7) is -6.72. The molecule has 10 rings (SSSR count). The second-order valence-corrected chi connectivity index (χ2v) is 36.5. The van der Waals surface area contributed by atoms with Crippen LogP contribution in [-0.4, -0.2) is 609 Å².